The summed E-state index contributed by atoms with van der Waals surface area (Å²) < 4.78 is 5.26. The average Bonchev–Trinajstić information content (AvgIpc) is 2.96. The van der Waals surface area contributed by atoms with Crippen LogP contribution in [0.3, 0.4) is 0 Å². The van der Waals surface area contributed by atoms with Gasteiger partial charge in [-0.05, 0) is 19.1 Å². The zero-order valence-corrected chi connectivity index (χ0v) is 10.1. The second-order valence-corrected chi connectivity index (χ2v) is 4.25. The van der Waals surface area contributed by atoms with Gasteiger partial charge in [0.05, 0.1) is 12.8 Å². The van der Waals surface area contributed by atoms with Crippen molar-refractivity contribution < 1.29 is 14.3 Å². The number of aromatic nitrogens is 1. The molecule has 0 fully saturated rings. The van der Waals surface area contributed by atoms with Gasteiger partial charge >= 0.3 is 5.97 Å². The number of anilines is 1. The first-order valence-electron chi connectivity index (χ1n) is 5.17. The fourth-order valence-electron chi connectivity index (χ4n) is 1.41. The number of carboxylic acid groups (broad SMARTS) is 1. The molecule has 90 valence electrons. The Morgan fingerprint density at radius 1 is 1.65 bits per heavy atom. The van der Waals surface area contributed by atoms with Crippen LogP contribution in [0.25, 0.3) is 0 Å². The lowest BCUT2D eigenvalue weighted by atomic mass is 10.4. The Morgan fingerprint density at radius 3 is 3.00 bits per heavy atom. The lowest BCUT2D eigenvalue weighted by Gasteiger charge is -2.17. The molecule has 0 unspecified atom stereocenters. The van der Waals surface area contributed by atoms with Crippen molar-refractivity contribution in [3.63, 3.8) is 0 Å². The van der Waals surface area contributed by atoms with Crippen LogP contribution in [0, 0.1) is 0 Å². The van der Waals surface area contributed by atoms with E-state index in [1.54, 1.807) is 11.6 Å². The first kappa shape index (κ1) is 11.7. The second-order valence-electron chi connectivity index (χ2n) is 3.41. The van der Waals surface area contributed by atoms with Crippen LogP contribution in [0.5, 0.6) is 0 Å². The summed E-state index contributed by atoms with van der Waals surface area (Å²) in [6.45, 7) is 3.33. The third-order valence-electron chi connectivity index (χ3n) is 2.29. The molecule has 17 heavy (non-hydrogen) atoms. The summed E-state index contributed by atoms with van der Waals surface area (Å²) in [5.74, 6) is -0.166. The van der Waals surface area contributed by atoms with Crippen LogP contribution in [0.1, 0.15) is 23.2 Å². The quantitative estimate of drug-likeness (QED) is 0.885. The van der Waals surface area contributed by atoms with Gasteiger partial charge in [0.1, 0.15) is 5.76 Å². The van der Waals surface area contributed by atoms with E-state index in [-0.39, 0.29) is 5.69 Å². The topological polar surface area (TPSA) is 66.6 Å². The van der Waals surface area contributed by atoms with E-state index >= 15 is 0 Å². The minimum Gasteiger partial charge on any atom is -0.476 e. The minimum absolute atomic E-state index is 0.0860. The van der Waals surface area contributed by atoms with Gasteiger partial charge in [-0.2, -0.15) is 0 Å². The Hall–Kier alpha value is -1.82. The molecule has 2 rings (SSSR count). The normalized spacial score (nSPS) is 10.4. The van der Waals surface area contributed by atoms with Crippen LogP contribution < -0.4 is 4.90 Å². The molecule has 2 aromatic heterocycles. The molecule has 0 saturated heterocycles. The second kappa shape index (κ2) is 5.01. The molecule has 0 aromatic carbocycles. The predicted molar refractivity (Wildman–Crippen MR) is 64.5 cm³/mol. The minimum atomic E-state index is -0.999. The van der Waals surface area contributed by atoms with E-state index in [2.05, 4.69) is 4.98 Å². The summed E-state index contributed by atoms with van der Waals surface area (Å²) in [6, 6.07) is 3.71. The Balaban J connectivity index is 2.14. The molecule has 0 aliphatic rings. The van der Waals surface area contributed by atoms with Crippen molar-refractivity contribution in [2.24, 2.45) is 0 Å². The molecular formula is C11H12N2O3S. The predicted octanol–water partition coefficient (Wildman–Crippen LogP) is 2.46. The highest BCUT2D eigenvalue weighted by atomic mass is 32.1. The zero-order valence-electron chi connectivity index (χ0n) is 9.29. The van der Waals surface area contributed by atoms with Crippen LogP contribution in [0.2, 0.25) is 0 Å². The Morgan fingerprint density at radius 2 is 2.47 bits per heavy atom. The summed E-state index contributed by atoms with van der Waals surface area (Å²) in [6.07, 6.45) is 1.62. The van der Waals surface area contributed by atoms with E-state index in [1.165, 1.54) is 11.3 Å². The van der Waals surface area contributed by atoms with Crippen molar-refractivity contribution in [3.8, 4) is 0 Å². The van der Waals surface area contributed by atoms with Crippen molar-refractivity contribution in [2.75, 3.05) is 11.4 Å². The number of carboxylic acids is 1. The molecule has 5 nitrogen and oxygen atoms in total. The molecule has 6 heteroatoms. The van der Waals surface area contributed by atoms with Crippen molar-refractivity contribution in [3.05, 3.63) is 35.2 Å². The van der Waals surface area contributed by atoms with Gasteiger partial charge in [-0.25, -0.2) is 9.78 Å². The molecule has 2 heterocycles. The first-order chi connectivity index (χ1) is 8.20. The maximum atomic E-state index is 10.7. The third kappa shape index (κ3) is 2.65. The van der Waals surface area contributed by atoms with E-state index in [1.807, 2.05) is 24.0 Å². The summed E-state index contributed by atoms with van der Waals surface area (Å²) in [4.78, 5) is 16.8. The van der Waals surface area contributed by atoms with Gasteiger partial charge in [0.25, 0.3) is 0 Å². The highest BCUT2D eigenvalue weighted by Gasteiger charge is 2.14. The van der Waals surface area contributed by atoms with Crippen LogP contribution in [-0.4, -0.2) is 22.6 Å². The average molecular weight is 252 g/mol. The number of aromatic carboxylic acids is 1. The van der Waals surface area contributed by atoms with E-state index in [4.69, 9.17) is 9.52 Å². The summed E-state index contributed by atoms with van der Waals surface area (Å²) in [5, 5.41) is 11.1. The van der Waals surface area contributed by atoms with E-state index in [9.17, 15) is 4.79 Å². The summed E-state index contributed by atoms with van der Waals surface area (Å²) >= 11 is 1.32. The van der Waals surface area contributed by atoms with Gasteiger partial charge in [0.15, 0.2) is 10.8 Å². The number of carbonyl (C=O) groups is 1. The van der Waals surface area contributed by atoms with Gasteiger partial charge in [0, 0.05) is 11.9 Å². The Labute approximate surface area is 102 Å². The molecule has 0 saturated carbocycles. The molecular weight excluding hydrogens is 240 g/mol. The SMILES string of the molecule is CCN(Cc1ccco1)c1nc(C(=O)O)cs1. The van der Waals surface area contributed by atoms with Crippen molar-refractivity contribution in [1.82, 2.24) is 4.98 Å². The Kier molecular flexibility index (Phi) is 3.43. The fourth-order valence-corrected chi connectivity index (χ4v) is 2.28. The van der Waals surface area contributed by atoms with E-state index < -0.39 is 5.97 Å². The zero-order chi connectivity index (χ0) is 12.3. The van der Waals surface area contributed by atoms with Crippen molar-refractivity contribution in [1.29, 1.82) is 0 Å². The van der Waals surface area contributed by atoms with Gasteiger partial charge in [-0.1, -0.05) is 0 Å². The summed E-state index contributed by atoms with van der Waals surface area (Å²) in [7, 11) is 0. The van der Waals surface area contributed by atoms with Crippen LogP contribution in [0.4, 0.5) is 5.13 Å². The third-order valence-corrected chi connectivity index (χ3v) is 3.19. The smallest absolute Gasteiger partial charge is 0.355 e. The van der Waals surface area contributed by atoms with Crippen molar-refractivity contribution >= 4 is 22.4 Å². The summed E-state index contributed by atoms with van der Waals surface area (Å²) in [5.41, 5.74) is 0.0860. The maximum Gasteiger partial charge on any atom is 0.355 e. The first-order valence-corrected chi connectivity index (χ1v) is 6.04. The number of thiazole rings is 1. The number of furan rings is 1. The molecule has 0 aliphatic carbocycles. The highest BCUT2D eigenvalue weighted by molar-refractivity contribution is 7.13. The molecule has 0 bridgehead atoms. The fraction of sp³-hybridized carbons (Fsp3) is 0.273. The number of hydrogen-bond acceptors (Lipinski definition) is 5. The number of rotatable bonds is 5. The molecule has 0 atom stereocenters. The van der Waals surface area contributed by atoms with E-state index in [0.29, 0.717) is 11.7 Å². The number of nitrogens with zero attached hydrogens (tertiary/aromatic N) is 2. The molecule has 0 aliphatic heterocycles. The molecule has 0 amide bonds. The van der Waals surface area contributed by atoms with Gasteiger partial charge in [0.2, 0.25) is 0 Å². The maximum absolute atomic E-state index is 10.7. The van der Waals surface area contributed by atoms with Crippen LogP contribution in [0.15, 0.2) is 28.2 Å². The highest BCUT2D eigenvalue weighted by Crippen LogP contribution is 2.22. The van der Waals surface area contributed by atoms with Gasteiger partial charge in [-0.3, -0.25) is 0 Å². The number of hydrogen-bond donors (Lipinski definition) is 1. The van der Waals surface area contributed by atoms with Crippen LogP contribution >= 0.6 is 11.3 Å². The lowest BCUT2D eigenvalue weighted by molar-refractivity contribution is 0.0691. The molecule has 0 spiro atoms. The largest absolute Gasteiger partial charge is 0.476 e. The van der Waals surface area contributed by atoms with E-state index in [0.717, 1.165) is 12.3 Å². The lowest BCUT2D eigenvalue weighted by Crippen LogP contribution is -2.21. The standard InChI is InChI=1S/C11H12N2O3S/c1-2-13(6-8-4-3-5-16-8)11-12-9(7-17-11)10(14)15/h3-5,7H,2,6H2,1H3,(H,14,15). The van der Waals surface area contributed by atoms with Crippen LogP contribution in [-0.2, 0) is 6.54 Å². The monoisotopic (exact) mass is 252 g/mol. The van der Waals surface area contributed by atoms with Gasteiger partial charge < -0.3 is 14.4 Å². The molecule has 2 aromatic rings. The van der Waals surface area contributed by atoms with Crippen molar-refractivity contribution in [2.45, 2.75) is 13.5 Å². The Bertz CT molecular complexity index is 493. The van der Waals surface area contributed by atoms with Gasteiger partial charge in [-0.15, -0.1) is 11.3 Å². The molecule has 1 N–H and O–H groups in total. The molecule has 0 radical (unpaired) electrons.